The van der Waals surface area contributed by atoms with Gasteiger partial charge in [0.15, 0.2) is 0 Å². The van der Waals surface area contributed by atoms with E-state index in [0.29, 0.717) is 5.92 Å². The zero-order chi connectivity index (χ0) is 19.0. The lowest BCUT2D eigenvalue weighted by Crippen LogP contribution is -2.50. The van der Waals surface area contributed by atoms with E-state index >= 15 is 0 Å². The maximum absolute atomic E-state index is 12.4. The minimum Gasteiger partial charge on any atom is -0.327 e. The van der Waals surface area contributed by atoms with Crippen molar-refractivity contribution in [3.05, 3.63) is 46.9 Å². The van der Waals surface area contributed by atoms with Gasteiger partial charge in [0.1, 0.15) is 5.01 Å². The summed E-state index contributed by atoms with van der Waals surface area (Å²) in [5.74, 6) is 0.576. The normalized spacial score (nSPS) is 14.9. The average molecular weight is 445 g/mol. The number of likely N-dealkylation sites (tertiary alicyclic amines) is 1. The zero-order valence-electron chi connectivity index (χ0n) is 15.3. The van der Waals surface area contributed by atoms with Crippen molar-refractivity contribution >= 4 is 49.2 Å². The molecule has 1 N–H and O–H groups in total. The number of anilines is 1. The van der Waals surface area contributed by atoms with Crippen LogP contribution in [0.2, 0.25) is 0 Å². The first-order valence-electron chi connectivity index (χ1n) is 8.85. The minimum atomic E-state index is -0.0675. The fourth-order valence-corrected chi connectivity index (χ4v) is 4.65. The number of thiazole rings is 1. The van der Waals surface area contributed by atoms with Gasteiger partial charge >= 0.3 is 6.03 Å². The predicted octanol–water partition coefficient (Wildman–Crippen LogP) is 4.75. The molecule has 2 amide bonds. The van der Waals surface area contributed by atoms with Crippen LogP contribution in [0, 0.1) is 5.92 Å². The molecule has 1 aliphatic heterocycles. The number of nitrogens with zero attached hydrogens (tertiary/aromatic N) is 3. The molecule has 2 aromatic carbocycles. The number of halogens is 1. The van der Waals surface area contributed by atoms with Gasteiger partial charge in [-0.05, 0) is 49.5 Å². The number of urea groups is 1. The van der Waals surface area contributed by atoms with E-state index in [4.69, 9.17) is 4.98 Å². The van der Waals surface area contributed by atoms with Crippen LogP contribution in [0.1, 0.15) is 0 Å². The molecule has 1 saturated heterocycles. The summed E-state index contributed by atoms with van der Waals surface area (Å²) in [6, 6.07) is 13.9. The van der Waals surface area contributed by atoms with Gasteiger partial charge in [0.25, 0.3) is 0 Å². The van der Waals surface area contributed by atoms with Crippen LogP contribution in [0.15, 0.2) is 46.9 Å². The Bertz CT molecular complexity index is 966. The summed E-state index contributed by atoms with van der Waals surface area (Å²) in [7, 11) is 3.95. The van der Waals surface area contributed by atoms with Crippen molar-refractivity contribution in [3.63, 3.8) is 0 Å². The molecule has 4 rings (SSSR count). The molecule has 7 heteroatoms. The van der Waals surface area contributed by atoms with E-state index < -0.39 is 0 Å². The first-order chi connectivity index (χ1) is 13.0. The Morgan fingerprint density at radius 3 is 2.74 bits per heavy atom. The van der Waals surface area contributed by atoms with Crippen molar-refractivity contribution in [1.29, 1.82) is 0 Å². The molecule has 1 aromatic heterocycles. The van der Waals surface area contributed by atoms with Crippen molar-refractivity contribution in [2.24, 2.45) is 5.92 Å². The number of fused-ring (bicyclic) bond motifs is 1. The molecule has 1 fully saturated rings. The monoisotopic (exact) mass is 444 g/mol. The molecule has 0 spiro atoms. The van der Waals surface area contributed by atoms with Crippen LogP contribution in [-0.2, 0) is 0 Å². The number of amides is 2. The van der Waals surface area contributed by atoms with Crippen molar-refractivity contribution in [3.8, 4) is 10.6 Å². The highest BCUT2D eigenvalue weighted by Crippen LogP contribution is 2.32. The number of benzene rings is 2. The van der Waals surface area contributed by atoms with Gasteiger partial charge in [-0.25, -0.2) is 9.78 Å². The molecule has 0 saturated carbocycles. The first kappa shape index (κ1) is 18.4. The van der Waals surface area contributed by atoms with Gasteiger partial charge in [-0.15, -0.1) is 11.3 Å². The van der Waals surface area contributed by atoms with Crippen LogP contribution in [-0.4, -0.2) is 54.5 Å². The summed E-state index contributed by atoms with van der Waals surface area (Å²) in [6.45, 7) is 2.91. The molecule has 2 heterocycles. The summed E-state index contributed by atoms with van der Waals surface area (Å²) in [4.78, 5) is 21.1. The second-order valence-electron chi connectivity index (χ2n) is 7.11. The molecule has 0 aliphatic carbocycles. The van der Waals surface area contributed by atoms with E-state index in [9.17, 15) is 4.79 Å². The molecule has 0 atom stereocenters. The van der Waals surface area contributed by atoms with Crippen molar-refractivity contribution < 1.29 is 4.79 Å². The minimum absolute atomic E-state index is 0.0675. The summed E-state index contributed by atoms with van der Waals surface area (Å²) in [5.41, 5.74) is 2.84. The zero-order valence-corrected chi connectivity index (χ0v) is 17.7. The van der Waals surface area contributed by atoms with Crippen molar-refractivity contribution in [2.75, 3.05) is 39.0 Å². The molecule has 3 aromatic rings. The summed E-state index contributed by atoms with van der Waals surface area (Å²) >= 11 is 5.15. The molecule has 5 nitrogen and oxygen atoms in total. The Balaban J connectivity index is 1.41. The molecule has 1 aliphatic rings. The Hall–Kier alpha value is -1.96. The lowest BCUT2D eigenvalue weighted by Gasteiger charge is -2.38. The Morgan fingerprint density at radius 1 is 1.30 bits per heavy atom. The lowest BCUT2D eigenvalue weighted by molar-refractivity contribution is 0.109. The third kappa shape index (κ3) is 4.15. The number of aromatic nitrogens is 1. The van der Waals surface area contributed by atoms with Gasteiger partial charge in [-0.1, -0.05) is 15.9 Å². The lowest BCUT2D eigenvalue weighted by atomic mass is 10.0. The van der Waals surface area contributed by atoms with Gasteiger partial charge in [0, 0.05) is 48.3 Å². The number of hydrogen-bond acceptors (Lipinski definition) is 4. The van der Waals surface area contributed by atoms with E-state index in [-0.39, 0.29) is 6.03 Å². The molecular formula is C20H21BrN4OS. The third-order valence-corrected chi connectivity index (χ3v) is 6.33. The van der Waals surface area contributed by atoms with Gasteiger partial charge in [-0.3, -0.25) is 0 Å². The van der Waals surface area contributed by atoms with E-state index in [1.54, 1.807) is 16.2 Å². The number of nitrogens with one attached hydrogen (secondary N) is 1. The molecule has 140 valence electrons. The third-order valence-electron chi connectivity index (χ3n) is 4.75. The summed E-state index contributed by atoms with van der Waals surface area (Å²) < 4.78 is 2.19. The van der Waals surface area contributed by atoms with Crippen LogP contribution >= 0.6 is 27.3 Å². The van der Waals surface area contributed by atoms with E-state index in [1.165, 1.54) is 0 Å². The van der Waals surface area contributed by atoms with Gasteiger partial charge in [-0.2, -0.15) is 0 Å². The fraction of sp³-hybridized carbons (Fsp3) is 0.300. The standard InChI is InChI=1S/C20H21BrN4OS/c1-24-10-13(11-24)12-25(2)20(26)22-16-6-3-14(4-7-16)19-23-17-9-15(21)5-8-18(17)27-19/h3-9,13H,10-12H2,1-2H3,(H,22,26). The summed E-state index contributed by atoms with van der Waals surface area (Å²) in [6.07, 6.45) is 0. The number of rotatable bonds is 4. The number of hydrogen-bond donors (Lipinski definition) is 1. The Kier molecular flexibility index (Phi) is 5.16. The SMILES string of the molecule is CN1CC(CN(C)C(=O)Nc2ccc(-c3nc4cc(Br)ccc4s3)cc2)C1. The topological polar surface area (TPSA) is 48.5 Å². The van der Waals surface area contributed by atoms with Crippen molar-refractivity contribution in [2.45, 2.75) is 0 Å². The number of carbonyl (C=O) groups is 1. The van der Waals surface area contributed by atoms with Crippen molar-refractivity contribution in [1.82, 2.24) is 14.8 Å². The average Bonchev–Trinajstić information content (AvgIpc) is 3.04. The molecule has 0 bridgehead atoms. The molecule has 27 heavy (non-hydrogen) atoms. The maximum Gasteiger partial charge on any atom is 0.321 e. The number of carbonyl (C=O) groups excluding carboxylic acids is 1. The molecule has 0 unspecified atom stereocenters. The van der Waals surface area contributed by atoms with E-state index in [2.05, 4.69) is 39.3 Å². The summed E-state index contributed by atoms with van der Waals surface area (Å²) in [5, 5.41) is 3.95. The smallest absolute Gasteiger partial charge is 0.321 e. The van der Waals surface area contributed by atoms with Crippen LogP contribution in [0.3, 0.4) is 0 Å². The highest BCUT2D eigenvalue weighted by Gasteiger charge is 2.25. The largest absolute Gasteiger partial charge is 0.327 e. The first-order valence-corrected chi connectivity index (χ1v) is 10.5. The second kappa shape index (κ2) is 7.58. The quantitative estimate of drug-likeness (QED) is 0.631. The van der Waals surface area contributed by atoms with Crippen LogP contribution in [0.4, 0.5) is 10.5 Å². The Labute approximate surface area is 171 Å². The predicted molar refractivity (Wildman–Crippen MR) is 115 cm³/mol. The van der Waals surface area contributed by atoms with Gasteiger partial charge in [0.05, 0.1) is 10.2 Å². The van der Waals surface area contributed by atoms with Crippen LogP contribution < -0.4 is 5.32 Å². The highest BCUT2D eigenvalue weighted by molar-refractivity contribution is 9.10. The Morgan fingerprint density at radius 2 is 2.04 bits per heavy atom. The van der Waals surface area contributed by atoms with Gasteiger partial charge < -0.3 is 15.1 Å². The maximum atomic E-state index is 12.4. The molecule has 0 radical (unpaired) electrons. The second-order valence-corrected chi connectivity index (χ2v) is 9.05. The van der Waals surface area contributed by atoms with Crippen LogP contribution in [0.5, 0.6) is 0 Å². The highest BCUT2D eigenvalue weighted by atomic mass is 79.9. The van der Waals surface area contributed by atoms with E-state index in [1.807, 2.05) is 43.4 Å². The van der Waals surface area contributed by atoms with Crippen LogP contribution in [0.25, 0.3) is 20.8 Å². The van der Waals surface area contributed by atoms with E-state index in [0.717, 1.165) is 50.6 Å². The van der Waals surface area contributed by atoms with Gasteiger partial charge in [0.2, 0.25) is 0 Å². The fourth-order valence-electron chi connectivity index (χ4n) is 3.35. The molecular weight excluding hydrogens is 424 g/mol.